The third-order valence-corrected chi connectivity index (χ3v) is 1.96. The summed E-state index contributed by atoms with van der Waals surface area (Å²) in [6.45, 7) is 1.71. The van der Waals surface area contributed by atoms with Gasteiger partial charge in [0.25, 0.3) is 0 Å². The largest absolute Gasteiger partial charge is 0.361 e. The maximum Gasteiger partial charge on any atom is 0.216 e. The van der Waals surface area contributed by atoms with Crippen LogP contribution in [0.1, 0.15) is 32.3 Å². The van der Waals surface area contributed by atoms with E-state index in [2.05, 4.69) is 10.1 Å². The van der Waals surface area contributed by atoms with Crippen molar-refractivity contribution in [3.8, 4) is 0 Å². The van der Waals surface area contributed by atoms with Crippen LogP contribution < -0.4 is 0 Å². The average Bonchev–Trinajstić information content (AvgIpc) is 2.84. The lowest BCUT2D eigenvalue weighted by Gasteiger charge is -1.88. The Kier molecular flexibility index (Phi) is 2.21. The van der Waals surface area contributed by atoms with Crippen LogP contribution in [0.25, 0.3) is 0 Å². The fraction of sp³-hybridized carbons (Fsp3) is 0.100. The van der Waals surface area contributed by atoms with Gasteiger partial charge in [-0.25, -0.2) is 0 Å². The Hall–Kier alpha value is -2.17. The minimum absolute atomic E-state index is 0.240. The first kappa shape index (κ1) is 9.39. The van der Waals surface area contributed by atoms with E-state index in [1.54, 1.807) is 13.0 Å². The van der Waals surface area contributed by atoms with Gasteiger partial charge < -0.3 is 9.51 Å². The SMILES string of the molecule is Cc1cc(C(=O)c2c[nH]c(C=O)c2)no1. The van der Waals surface area contributed by atoms with Crippen molar-refractivity contribution in [2.45, 2.75) is 6.92 Å². The minimum Gasteiger partial charge on any atom is -0.361 e. The monoisotopic (exact) mass is 204 g/mol. The van der Waals surface area contributed by atoms with Gasteiger partial charge in [-0.15, -0.1) is 0 Å². The Morgan fingerprint density at radius 3 is 2.87 bits per heavy atom. The highest BCUT2D eigenvalue weighted by molar-refractivity contribution is 6.08. The molecule has 0 aliphatic carbocycles. The number of hydrogen-bond acceptors (Lipinski definition) is 4. The molecule has 0 radical (unpaired) electrons. The van der Waals surface area contributed by atoms with E-state index in [0.717, 1.165) is 0 Å². The quantitative estimate of drug-likeness (QED) is 0.604. The molecule has 0 atom stereocenters. The van der Waals surface area contributed by atoms with E-state index in [0.29, 0.717) is 23.3 Å². The summed E-state index contributed by atoms with van der Waals surface area (Å²) in [5.41, 5.74) is 0.993. The van der Waals surface area contributed by atoms with Gasteiger partial charge in [0.1, 0.15) is 5.76 Å². The van der Waals surface area contributed by atoms with Crippen molar-refractivity contribution in [2.75, 3.05) is 0 Å². The molecule has 2 aromatic heterocycles. The summed E-state index contributed by atoms with van der Waals surface area (Å²) >= 11 is 0. The highest BCUT2D eigenvalue weighted by atomic mass is 16.5. The van der Waals surface area contributed by atoms with Gasteiger partial charge in [0.15, 0.2) is 12.0 Å². The number of ketones is 1. The van der Waals surface area contributed by atoms with Gasteiger partial charge in [-0.1, -0.05) is 5.16 Å². The van der Waals surface area contributed by atoms with Crippen molar-refractivity contribution in [3.63, 3.8) is 0 Å². The summed E-state index contributed by atoms with van der Waals surface area (Å²) in [6, 6.07) is 3.02. The lowest BCUT2D eigenvalue weighted by atomic mass is 10.1. The molecule has 5 heteroatoms. The van der Waals surface area contributed by atoms with Gasteiger partial charge in [0.2, 0.25) is 5.78 Å². The third kappa shape index (κ3) is 1.71. The molecule has 76 valence electrons. The van der Waals surface area contributed by atoms with Crippen molar-refractivity contribution in [1.82, 2.24) is 10.1 Å². The summed E-state index contributed by atoms with van der Waals surface area (Å²) in [6.07, 6.45) is 2.11. The molecule has 0 aromatic carbocycles. The van der Waals surface area contributed by atoms with Crippen LogP contribution in [0, 0.1) is 6.92 Å². The number of rotatable bonds is 3. The molecule has 0 spiro atoms. The van der Waals surface area contributed by atoms with E-state index in [1.807, 2.05) is 0 Å². The molecule has 0 aliphatic heterocycles. The zero-order chi connectivity index (χ0) is 10.8. The molecular formula is C10H8N2O3. The molecule has 2 rings (SSSR count). The number of aromatic nitrogens is 2. The van der Waals surface area contributed by atoms with E-state index in [4.69, 9.17) is 4.52 Å². The summed E-state index contributed by atoms with van der Waals surface area (Å²) in [4.78, 5) is 24.8. The van der Waals surface area contributed by atoms with Crippen LogP contribution in [0.3, 0.4) is 0 Å². The minimum atomic E-state index is -0.267. The second kappa shape index (κ2) is 3.53. The predicted octanol–water partition coefficient (Wildman–Crippen LogP) is 1.35. The molecule has 5 nitrogen and oxygen atoms in total. The first-order chi connectivity index (χ1) is 7.20. The van der Waals surface area contributed by atoms with E-state index in [9.17, 15) is 9.59 Å². The summed E-state index contributed by atoms with van der Waals surface area (Å²) < 4.78 is 4.79. The van der Waals surface area contributed by atoms with Gasteiger partial charge in [0.05, 0.1) is 5.69 Å². The van der Waals surface area contributed by atoms with E-state index >= 15 is 0 Å². The molecule has 0 aliphatic rings. The van der Waals surface area contributed by atoms with Crippen LogP contribution >= 0.6 is 0 Å². The van der Waals surface area contributed by atoms with Crippen molar-refractivity contribution < 1.29 is 14.1 Å². The highest BCUT2D eigenvalue weighted by Crippen LogP contribution is 2.10. The van der Waals surface area contributed by atoms with Crippen molar-refractivity contribution in [1.29, 1.82) is 0 Å². The lowest BCUT2D eigenvalue weighted by Crippen LogP contribution is -1.99. The molecule has 2 aromatic rings. The van der Waals surface area contributed by atoms with Crippen LogP contribution in [-0.2, 0) is 0 Å². The fourth-order valence-electron chi connectivity index (χ4n) is 1.23. The van der Waals surface area contributed by atoms with Crippen LogP contribution in [0.2, 0.25) is 0 Å². The zero-order valence-corrected chi connectivity index (χ0v) is 7.98. The highest BCUT2D eigenvalue weighted by Gasteiger charge is 2.14. The number of carbonyl (C=O) groups excluding carboxylic acids is 2. The van der Waals surface area contributed by atoms with E-state index in [-0.39, 0.29) is 11.5 Å². The Balaban J connectivity index is 2.31. The summed E-state index contributed by atoms with van der Waals surface area (Å²) in [5, 5.41) is 3.60. The number of aldehydes is 1. The van der Waals surface area contributed by atoms with Gasteiger partial charge in [-0.2, -0.15) is 0 Å². The number of aryl methyl sites for hydroxylation is 1. The smallest absolute Gasteiger partial charge is 0.216 e. The lowest BCUT2D eigenvalue weighted by molar-refractivity contribution is 0.103. The Morgan fingerprint density at radius 1 is 1.53 bits per heavy atom. The fourth-order valence-corrected chi connectivity index (χ4v) is 1.23. The number of carbonyl (C=O) groups is 2. The standard InChI is InChI=1S/C10H8N2O3/c1-6-2-9(12-15-6)10(14)7-3-8(5-13)11-4-7/h2-5,11H,1H3. The molecule has 2 heterocycles. The van der Waals surface area contributed by atoms with Crippen LogP contribution in [0.5, 0.6) is 0 Å². The van der Waals surface area contributed by atoms with E-state index < -0.39 is 0 Å². The van der Waals surface area contributed by atoms with Gasteiger partial charge >= 0.3 is 0 Å². The van der Waals surface area contributed by atoms with Crippen LogP contribution in [-0.4, -0.2) is 22.2 Å². The summed E-state index contributed by atoms with van der Waals surface area (Å²) in [5.74, 6) is 0.306. The van der Waals surface area contributed by atoms with Crippen molar-refractivity contribution >= 4 is 12.1 Å². The Labute approximate surface area is 85.1 Å². The number of nitrogens with one attached hydrogen (secondary N) is 1. The number of nitrogens with zero attached hydrogens (tertiary/aromatic N) is 1. The van der Waals surface area contributed by atoms with Crippen molar-refractivity contribution in [3.05, 3.63) is 41.0 Å². The number of aromatic amines is 1. The summed E-state index contributed by atoms with van der Waals surface area (Å²) in [7, 11) is 0. The van der Waals surface area contributed by atoms with Crippen molar-refractivity contribution in [2.24, 2.45) is 0 Å². The van der Waals surface area contributed by atoms with Gasteiger partial charge in [0, 0.05) is 17.8 Å². The Morgan fingerprint density at radius 2 is 2.33 bits per heavy atom. The number of H-pyrrole nitrogens is 1. The second-order valence-corrected chi connectivity index (χ2v) is 3.11. The molecule has 0 saturated carbocycles. The maximum absolute atomic E-state index is 11.7. The molecule has 1 N–H and O–H groups in total. The maximum atomic E-state index is 11.7. The molecule has 0 fully saturated rings. The topological polar surface area (TPSA) is 76.0 Å². The first-order valence-corrected chi connectivity index (χ1v) is 4.32. The first-order valence-electron chi connectivity index (χ1n) is 4.32. The zero-order valence-electron chi connectivity index (χ0n) is 7.98. The second-order valence-electron chi connectivity index (χ2n) is 3.11. The molecule has 0 bridgehead atoms. The Bertz CT molecular complexity index is 510. The van der Waals surface area contributed by atoms with Gasteiger partial charge in [-0.05, 0) is 13.0 Å². The average molecular weight is 204 g/mol. The number of hydrogen-bond donors (Lipinski definition) is 1. The van der Waals surface area contributed by atoms with Crippen LogP contribution in [0.4, 0.5) is 0 Å². The molecule has 0 saturated heterocycles. The van der Waals surface area contributed by atoms with Crippen LogP contribution in [0.15, 0.2) is 22.9 Å². The molecular weight excluding hydrogens is 196 g/mol. The van der Waals surface area contributed by atoms with Gasteiger partial charge in [-0.3, -0.25) is 9.59 Å². The molecule has 15 heavy (non-hydrogen) atoms. The predicted molar refractivity (Wildman–Crippen MR) is 50.9 cm³/mol. The normalized spacial score (nSPS) is 10.2. The molecule has 0 amide bonds. The van der Waals surface area contributed by atoms with E-state index in [1.165, 1.54) is 12.3 Å². The third-order valence-electron chi connectivity index (χ3n) is 1.96. The molecule has 0 unspecified atom stereocenters.